The van der Waals surface area contributed by atoms with Crippen LogP contribution < -0.4 is 5.32 Å². The molecule has 0 aliphatic carbocycles. The van der Waals surface area contributed by atoms with Crippen molar-refractivity contribution in [3.63, 3.8) is 0 Å². The molecule has 2 aromatic heterocycles. The number of benzene rings is 3. The van der Waals surface area contributed by atoms with Crippen molar-refractivity contribution in [1.82, 2.24) is 15.3 Å². The predicted octanol–water partition coefficient (Wildman–Crippen LogP) is 10.5. The number of pyridine rings is 2. The lowest BCUT2D eigenvalue weighted by molar-refractivity contribution is 1.05. The van der Waals surface area contributed by atoms with Crippen LogP contribution in [0.2, 0.25) is 0 Å². The Balaban J connectivity index is 1.39. The van der Waals surface area contributed by atoms with E-state index < -0.39 is 0 Å². The Bertz CT molecular complexity index is 2090. The molecule has 3 heterocycles. The SMILES string of the molecule is C=CCC(/C=C\C)=C1/C=CC(c2ccc(-c3cc(C(C=C)=Nc4ccccc4C)nc(-c4ccc5ccccc5n4)c3)cc2)=CN1. The molecule has 0 bridgehead atoms. The van der Waals surface area contributed by atoms with Gasteiger partial charge in [0.2, 0.25) is 0 Å². The number of hydrogen-bond acceptors (Lipinski definition) is 4. The average Bonchev–Trinajstić information content (AvgIpc) is 3.11. The number of aromatic nitrogens is 2. The highest BCUT2D eigenvalue weighted by Crippen LogP contribution is 2.30. The summed E-state index contributed by atoms with van der Waals surface area (Å²) in [4.78, 5) is 15.0. The monoisotopic (exact) mass is 596 g/mol. The summed E-state index contributed by atoms with van der Waals surface area (Å²) >= 11 is 0. The van der Waals surface area contributed by atoms with E-state index in [1.165, 1.54) is 5.57 Å². The van der Waals surface area contributed by atoms with Gasteiger partial charge in [-0.15, -0.1) is 6.58 Å². The zero-order chi connectivity index (χ0) is 31.9. The average molecular weight is 597 g/mol. The molecule has 0 radical (unpaired) electrons. The molecule has 4 heteroatoms. The van der Waals surface area contributed by atoms with Crippen molar-refractivity contribution in [3.05, 3.63) is 181 Å². The topological polar surface area (TPSA) is 50.2 Å². The van der Waals surface area contributed by atoms with Crippen molar-refractivity contribution < 1.29 is 0 Å². The quantitative estimate of drug-likeness (QED) is 0.136. The Hall–Kier alpha value is -5.87. The minimum absolute atomic E-state index is 0.705. The first-order valence-electron chi connectivity index (χ1n) is 15.4. The van der Waals surface area contributed by atoms with E-state index in [1.54, 1.807) is 6.08 Å². The van der Waals surface area contributed by atoms with Gasteiger partial charge in [-0.1, -0.05) is 97.6 Å². The van der Waals surface area contributed by atoms with Crippen LogP contribution in [0, 0.1) is 6.92 Å². The zero-order valence-corrected chi connectivity index (χ0v) is 26.2. The smallest absolute Gasteiger partial charge is 0.0900 e. The Morgan fingerprint density at radius 3 is 2.33 bits per heavy atom. The second kappa shape index (κ2) is 13.8. The molecule has 0 saturated heterocycles. The van der Waals surface area contributed by atoms with Crippen molar-refractivity contribution in [1.29, 1.82) is 0 Å². The van der Waals surface area contributed by atoms with E-state index in [0.29, 0.717) is 5.71 Å². The summed E-state index contributed by atoms with van der Waals surface area (Å²) in [7, 11) is 0. The van der Waals surface area contributed by atoms with Crippen LogP contribution in [-0.2, 0) is 0 Å². The van der Waals surface area contributed by atoms with Crippen LogP contribution in [0.5, 0.6) is 0 Å². The number of aliphatic imine (C=N–C) groups is 1. The molecular weight excluding hydrogens is 560 g/mol. The maximum absolute atomic E-state index is 5.07. The number of nitrogens with one attached hydrogen (secondary N) is 1. The van der Waals surface area contributed by atoms with Gasteiger partial charge in [-0.25, -0.2) is 15.0 Å². The van der Waals surface area contributed by atoms with Gasteiger partial charge >= 0.3 is 0 Å². The maximum atomic E-state index is 5.07. The van der Waals surface area contributed by atoms with Crippen molar-refractivity contribution >= 4 is 27.9 Å². The molecular formula is C42H36N4. The molecule has 1 N–H and O–H groups in total. The van der Waals surface area contributed by atoms with Crippen molar-refractivity contribution in [2.75, 3.05) is 0 Å². The minimum Gasteiger partial charge on any atom is -0.361 e. The highest BCUT2D eigenvalue weighted by Gasteiger charge is 2.13. The summed E-state index contributed by atoms with van der Waals surface area (Å²) < 4.78 is 0. The van der Waals surface area contributed by atoms with E-state index in [1.807, 2.05) is 55.5 Å². The van der Waals surface area contributed by atoms with Gasteiger partial charge in [0.25, 0.3) is 0 Å². The van der Waals surface area contributed by atoms with Crippen LogP contribution >= 0.6 is 0 Å². The van der Waals surface area contributed by atoms with Crippen LogP contribution in [0.4, 0.5) is 5.69 Å². The number of para-hydroxylation sites is 2. The van der Waals surface area contributed by atoms with Gasteiger partial charge in [0.1, 0.15) is 0 Å². The first-order chi connectivity index (χ1) is 22.6. The number of fused-ring (bicyclic) bond motifs is 1. The standard InChI is InChI=1S/C42H36N4/c1-5-12-32(13-6-2)38-24-23-34(28-43-38)30-18-20-31(21-19-30)35-26-41(36(7-3)44-37-16-10-8-14-29(37)4)46-42(27-35)40-25-22-33-15-9-11-17-39(33)45-40/h5-11,13-28,43H,1,3,12H2,2,4H3/b13-6-,38-32+,44-36?. The highest BCUT2D eigenvalue weighted by molar-refractivity contribution is 6.09. The number of hydrogen-bond donors (Lipinski definition) is 1. The fraction of sp³-hybridized carbons (Fsp3) is 0.0714. The molecule has 1 aliphatic rings. The molecule has 6 rings (SSSR count). The van der Waals surface area contributed by atoms with Gasteiger partial charge in [0, 0.05) is 17.3 Å². The summed E-state index contributed by atoms with van der Waals surface area (Å²) in [5, 5.41) is 4.56. The van der Waals surface area contributed by atoms with Crippen LogP contribution in [0.1, 0.15) is 30.2 Å². The van der Waals surface area contributed by atoms with Crippen molar-refractivity contribution in [2.45, 2.75) is 20.3 Å². The largest absolute Gasteiger partial charge is 0.361 e. The second-order valence-corrected chi connectivity index (χ2v) is 11.1. The number of aryl methyl sites for hydroxylation is 1. The molecule has 0 fully saturated rings. The Kier molecular flexibility index (Phi) is 9.07. The summed E-state index contributed by atoms with van der Waals surface area (Å²) in [5.41, 5.74) is 12.6. The predicted molar refractivity (Wildman–Crippen MR) is 195 cm³/mol. The molecule has 5 aromatic rings. The Morgan fingerprint density at radius 1 is 0.804 bits per heavy atom. The van der Waals surface area contributed by atoms with Gasteiger partial charge in [0.05, 0.1) is 34.0 Å². The summed E-state index contributed by atoms with van der Waals surface area (Å²) in [5.74, 6) is 0. The summed E-state index contributed by atoms with van der Waals surface area (Å²) in [6.45, 7) is 12.1. The van der Waals surface area contributed by atoms with Crippen LogP contribution in [0.3, 0.4) is 0 Å². The molecule has 0 unspecified atom stereocenters. The molecule has 1 aliphatic heterocycles. The number of allylic oxidation sites excluding steroid dienone is 8. The zero-order valence-electron chi connectivity index (χ0n) is 26.2. The molecule has 224 valence electrons. The van der Waals surface area contributed by atoms with Gasteiger partial charge < -0.3 is 5.32 Å². The molecule has 0 amide bonds. The van der Waals surface area contributed by atoms with Gasteiger partial charge in [-0.05, 0) is 96.2 Å². The Morgan fingerprint density at radius 2 is 1.59 bits per heavy atom. The third kappa shape index (κ3) is 6.62. The van der Waals surface area contributed by atoms with Crippen molar-refractivity contribution in [2.24, 2.45) is 4.99 Å². The fourth-order valence-corrected chi connectivity index (χ4v) is 5.48. The lowest BCUT2D eigenvalue weighted by Gasteiger charge is -2.15. The van der Waals surface area contributed by atoms with Gasteiger partial charge in [-0.2, -0.15) is 0 Å². The maximum Gasteiger partial charge on any atom is 0.0900 e. The lowest BCUT2D eigenvalue weighted by atomic mass is 9.97. The van der Waals surface area contributed by atoms with E-state index in [-0.39, 0.29) is 0 Å². The van der Waals surface area contributed by atoms with Crippen LogP contribution in [0.15, 0.2) is 169 Å². The number of nitrogens with zero attached hydrogens (tertiary/aromatic N) is 3. The van der Waals surface area contributed by atoms with E-state index in [2.05, 4.69) is 110 Å². The fourth-order valence-electron chi connectivity index (χ4n) is 5.48. The molecule has 0 saturated carbocycles. The Labute approximate surface area is 271 Å². The summed E-state index contributed by atoms with van der Waals surface area (Å²) in [6.07, 6.45) is 15.0. The van der Waals surface area contributed by atoms with E-state index in [9.17, 15) is 0 Å². The van der Waals surface area contributed by atoms with Gasteiger partial charge in [-0.3, -0.25) is 0 Å². The van der Waals surface area contributed by atoms with E-state index in [4.69, 9.17) is 15.0 Å². The molecule has 46 heavy (non-hydrogen) atoms. The van der Waals surface area contributed by atoms with Gasteiger partial charge in [0.15, 0.2) is 0 Å². The molecule has 0 spiro atoms. The molecule has 4 nitrogen and oxygen atoms in total. The minimum atomic E-state index is 0.705. The van der Waals surface area contributed by atoms with E-state index in [0.717, 1.165) is 73.6 Å². The third-order valence-electron chi connectivity index (χ3n) is 7.94. The number of rotatable bonds is 9. The number of dihydropyridines is 1. The molecule has 3 aromatic carbocycles. The van der Waals surface area contributed by atoms with Crippen LogP contribution in [-0.4, -0.2) is 15.7 Å². The normalized spacial score (nSPS) is 14.2. The van der Waals surface area contributed by atoms with Crippen LogP contribution in [0.25, 0.3) is 39.0 Å². The van der Waals surface area contributed by atoms with E-state index >= 15 is 0 Å². The summed E-state index contributed by atoms with van der Waals surface area (Å²) in [6, 6.07) is 33.1. The second-order valence-electron chi connectivity index (χ2n) is 11.1. The molecule has 0 atom stereocenters. The lowest BCUT2D eigenvalue weighted by Crippen LogP contribution is -2.10. The first-order valence-corrected chi connectivity index (χ1v) is 15.4. The first kappa shape index (κ1) is 30.2. The van der Waals surface area contributed by atoms with Crippen molar-refractivity contribution in [3.8, 4) is 22.5 Å². The highest BCUT2D eigenvalue weighted by atomic mass is 14.9. The third-order valence-corrected chi connectivity index (χ3v) is 7.94.